The van der Waals surface area contributed by atoms with Crippen molar-refractivity contribution in [3.63, 3.8) is 0 Å². The molecule has 0 amide bonds. The second-order valence-corrected chi connectivity index (χ2v) is 4.81. The van der Waals surface area contributed by atoms with E-state index in [1.165, 1.54) is 22.0 Å². The molecule has 0 saturated carbocycles. The van der Waals surface area contributed by atoms with Crippen LogP contribution in [0.25, 0.3) is 10.9 Å². The normalized spacial score (nSPS) is 13.1. The molecular weight excluding hydrogens is 288 g/mol. The van der Waals surface area contributed by atoms with Gasteiger partial charge in [0.25, 0.3) is 0 Å². The van der Waals surface area contributed by atoms with Crippen molar-refractivity contribution in [2.24, 2.45) is 5.73 Å². The molecule has 7 heteroatoms. The summed E-state index contributed by atoms with van der Waals surface area (Å²) in [5.74, 6) is -1.62. The van der Waals surface area contributed by atoms with Crippen molar-refractivity contribution < 1.29 is 24.9 Å². The van der Waals surface area contributed by atoms with Crippen LogP contribution in [0.1, 0.15) is 11.1 Å². The van der Waals surface area contributed by atoms with Gasteiger partial charge in [-0.3, -0.25) is 0 Å². The second kappa shape index (κ2) is 8.28. The van der Waals surface area contributed by atoms with Crippen LogP contribution in [-0.2, 0) is 16.0 Å². The highest BCUT2D eigenvalue weighted by molar-refractivity contribution is 5.83. The van der Waals surface area contributed by atoms with Crippen LogP contribution < -0.4 is 5.73 Å². The minimum Gasteiger partial charge on any atom is -0.479 e. The van der Waals surface area contributed by atoms with Crippen molar-refractivity contribution in [3.05, 3.63) is 35.5 Å². The van der Waals surface area contributed by atoms with E-state index in [2.05, 4.69) is 36.3 Å². The van der Waals surface area contributed by atoms with Gasteiger partial charge in [0.15, 0.2) is 12.4 Å². The van der Waals surface area contributed by atoms with E-state index in [1.54, 1.807) is 0 Å². The zero-order valence-corrected chi connectivity index (χ0v) is 12.2. The lowest BCUT2D eigenvalue weighted by atomic mass is 10.1. The fourth-order valence-electron chi connectivity index (χ4n) is 1.88. The van der Waals surface area contributed by atoms with Gasteiger partial charge in [0.2, 0.25) is 0 Å². The lowest BCUT2D eigenvalue weighted by molar-refractivity contribution is -0.154. The van der Waals surface area contributed by atoms with Gasteiger partial charge in [-0.1, -0.05) is 11.6 Å². The molecule has 2 rings (SSSR count). The van der Waals surface area contributed by atoms with E-state index in [1.807, 2.05) is 0 Å². The summed E-state index contributed by atoms with van der Waals surface area (Å²) in [6, 6.07) is 6.44. The van der Waals surface area contributed by atoms with Crippen molar-refractivity contribution in [2.45, 2.75) is 25.6 Å². The van der Waals surface area contributed by atoms with Gasteiger partial charge in [-0.2, -0.15) is 0 Å². The summed E-state index contributed by atoms with van der Waals surface area (Å²) in [7, 11) is 0. The predicted molar refractivity (Wildman–Crippen MR) is 81.5 cm³/mol. The molecule has 2 unspecified atom stereocenters. The number of hydrogen-bond donors (Lipinski definition) is 5. The number of carboxylic acids is 1. The number of benzene rings is 1. The number of aliphatic hydroxyl groups is 2. The van der Waals surface area contributed by atoms with Gasteiger partial charge >= 0.3 is 5.97 Å². The number of carbonyl (C=O) groups excluding carboxylic acids is 1. The number of aromatic amines is 1. The first-order valence-electron chi connectivity index (χ1n) is 6.71. The minimum atomic E-state index is -2.01. The van der Waals surface area contributed by atoms with Crippen LogP contribution >= 0.6 is 0 Å². The lowest BCUT2D eigenvalue weighted by Gasteiger charge is -2.04. The Labute approximate surface area is 127 Å². The number of aldehydes is 1. The number of nitrogens with two attached hydrogens (primary N) is 1. The van der Waals surface area contributed by atoms with Crippen LogP contribution in [0.3, 0.4) is 0 Å². The van der Waals surface area contributed by atoms with Crippen LogP contribution in [0, 0.1) is 6.92 Å². The van der Waals surface area contributed by atoms with Crippen LogP contribution in [0.4, 0.5) is 0 Å². The monoisotopic (exact) mass is 308 g/mol. The molecule has 1 aromatic heterocycles. The van der Waals surface area contributed by atoms with Gasteiger partial charge in [-0.05, 0) is 37.6 Å². The Hall–Kier alpha value is -2.22. The smallest absolute Gasteiger partial charge is 0.335 e. The zero-order valence-electron chi connectivity index (χ0n) is 12.2. The summed E-state index contributed by atoms with van der Waals surface area (Å²) < 4.78 is 0. The van der Waals surface area contributed by atoms with E-state index in [4.69, 9.17) is 21.1 Å². The molecule has 0 fully saturated rings. The summed E-state index contributed by atoms with van der Waals surface area (Å²) in [4.78, 5) is 22.6. The fourth-order valence-corrected chi connectivity index (χ4v) is 1.88. The van der Waals surface area contributed by atoms with Crippen LogP contribution in [-0.4, -0.2) is 51.3 Å². The van der Waals surface area contributed by atoms with Gasteiger partial charge in [0, 0.05) is 17.1 Å². The Bertz CT molecular complexity index is 638. The molecule has 0 bridgehead atoms. The molecular formula is C15H20N2O5. The maximum absolute atomic E-state index is 9.73. The lowest BCUT2D eigenvalue weighted by Crippen LogP contribution is -2.34. The molecule has 2 atom stereocenters. The second-order valence-electron chi connectivity index (χ2n) is 4.81. The molecule has 0 aliphatic heterocycles. The van der Waals surface area contributed by atoms with Gasteiger partial charge in [-0.25, -0.2) is 4.79 Å². The van der Waals surface area contributed by atoms with E-state index in [9.17, 15) is 9.59 Å². The number of aliphatic hydroxyl groups excluding tert-OH is 2. The number of rotatable bonds is 5. The van der Waals surface area contributed by atoms with E-state index >= 15 is 0 Å². The molecule has 0 radical (unpaired) electrons. The van der Waals surface area contributed by atoms with E-state index in [0.717, 1.165) is 6.42 Å². The molecule has 0 saturated heterocycles. The third kappa shape index (κ3) is 4.66. The Morgan fingerprint density at radius 2 is 2.09 bits per heavy atom. The molecule has 120 valence electrons. The van der Waals surface area contributed by atoms with Crippen molar-refractivity contribution >= 4 is 23.2 Å². The average molecular weight is 308 g/mol. The molecule has 7 nitrogen and oxygen atoms in total. The van der Waals surface area contributed by atoms with E-state index < -0.39 is 18.2 Å². The molecule has 6 N–H and O–H groups in total. The molecule has 0 aliphatic rings. The van der Waals surface area contributed by atoms with E-state index in [0.29, 0.717) is 6.54 Å². The van der Waals surface area contributed by atoms with Gasteiger partial charge in [0.05, 0.1) is 0 Å². The number of nitrogens with one attached hydrogen (secondary N) is 1. The topological polar surface area (TPSA) is 137 Å². The van der Waals surface area contributed by atoms with Gasteiger partial charge < -0.3 is 30.8 Å². The first-order valence-corrected chi connectivity index (χ1v) is 6.71. The number of aliphatic carboxylic acids is 1. The maximum atomic E-state index is 9.73. The average Bonchev–Trinajstić information content (AvgIpc) is 2.89. The largest absolute Gasteiger partial charge is 0.479 e. The minimum absolute atomic E-state index is 0.0429. The number of aryl methyl sites for hydroxylation is 1. The summed E-state index contributed by atoms with van der Waals surface area (Å²) in [5.41, 5.74) is 9.35. The third-order valence-corrected chi connectivity index (χ3v) is 3.05. The highest BCUT2D eigenvalue weighted by atomic mass is 16.4. The number of aromatic nitrogens is 1. The predicted octanol–water partition coefficient (Wildman–Crippen LogP) is -0.0308. The summed E-state index contributed by atoms with van der Waals surface area (Å²) in [5, 5.41) is 25.8. The SMILES string of the molecule is Cc1ccc2[nH]cc(CCN)c2c1.O=CC(O)C(O)C(=O)O. The molecule has 22 heavy (non-hydrogen) atoms. The van der Waals surface area contributed by atoms with Crippen LogP contribution in [0.15, 0.2) is 24.4 Å². The van der Waals surface area contributed by atoms with Crippen LogP contribution in [0.5, 0.6) is 0 Å². The van der Waals surface area contributed by atoms with E-state index in [-0.39, 0.29) is 6.29 Å². The fraction of sp³-hybridized carbons (Fsp3) is 0.333. The Morgan fingerprint density at radius 1 is 1.41 bits per heavy atom. The quantitative estimate of drug-likeness (QED) is 0.492. The number of carbonyl (C=O) groups is 2. The molecule has 1 aromatic carbocycles. The molecule has 0 spiro atoms. The van der Waals surface area contributed by atoms with Crippen molar-refractivity contribution in [1.82, 2.24) is 4.98 Å². The standard InChI is InChI=1S/C11H14N2.C4H6O5/c1-8-2-3-11-10(6-8)9(4-5-12)7-13-11;5-1-2(6)3(7)4(8)9/h2-3,6-7,13H,4-5,12H2,1H3;1-3,6-7H,(H,8,9). The summed E-state index contributed by atoms with van der Waals surface area (Å²) in [6.07, 6.45) is -0.885. The Morgan fingerprint density at radius 3 is 2.59 bits per heavy atom. The Kier molecular flexibility index (Phi) is 6.71. The van der Waals surface area contributed by atoms with Crippen molar-refractivity contribution in [2.75, 3.05) is 6.54 Å². The van der Waals surface area contributed by atoms with Crippen molar-refractivity contribution in [3.8, 4) is 0 Å². The van der Waals surface area contributed by atoms with Gasteiger partial charge in [0.1, 0.15) is 6.10 Å². The molecule has 0 aliphatic carbocycles. The number of carboxylic acid groups (broad SMARTS) is 1. The van der Waals surface area contributed by atoms with Crippen molar-refractivity contribution in [1.29, 1.82) is 0 Å². The number of fused-ring (bicyclic) bond motifs is 1. The highest BCUT2D eigenvalue weighted by Crippen LogP contribution is 2.19. The number of H-pyrrole nitrogens is 1. The maximum Gasteiger partial charge on any atom is 0.335 e. The third-order valence-electron chi connectivity index (χ3n) is 3.05. The highest BCUT2D eigenvalue weighted by Gasteiger charge is 2.22. The van der Waals surface area contributed by atoms with Crippen LogP contribution in [0.2, 0.25) is 0 Å². The summed E-state index contributed by atoms with van der Waals surface area (Å²) in [6.45, 7) is 2.82. The molecule has 2 aromatic rings. The first kappa shape index (κ1) is 17.8. The first-order chi connectivity index (χ1) is 10.4. The summed E-state index contributed by atoms with van der Waals surface area (Å²) >= 11 is 0. The Balaban J connectivity index is 0.000000239. The van der Waals surface area contributed by atoms with Gasteiger partial charge in [-0.15, -0.1) is 0 Å². The zero-order chi connectivity index (χ0) is 16.7. The number of hydrogen-bond acceptors (Lipinski definition) is 5. The molecule has 1 heterocycles.